The zero-order valence-electron chi connectivity index (χ0n) is 13.2. The Morgan fingerprint density at radius 3 is 2.48 bits per heavy atom. The quantitative estimate of drug-likeness (QED) is 0.922. The molecular weight excluding hydrogens is 264 g/mol. The number of hydrogen-bond donors (Lipinski definition) is 1. The van der Waals surface area contributed by atoms with Gasteiger partial charge >= 0.3 is 0 Å². The van der Waals surface area contributed by atoms with E-state index in [1.807, 2.05) is 32.0 Å². The number of nitrogens with one attached hydrogen (secondary N) is 1. The van der Waals surface area contributed by atoms with E-state index in [4.69, 9.17) is 0 Å². The molecule has 4 heteroatoms. The van der Waals surface area contributed by atoms with Gasteiger partial charge in [-0.3, -0.25) is 9.59 Å². The minimum Gasteiger partial charge on any atom is -0.340 e. The van der Waals surface area contributed by atoms with Crippen LogP contribution in [0.4, 0.5) is 0 Å². The SMILES string of the molecule is CCC1(C)NC(=O)C(C)N(C(C)Cc2ccccc2)C1=O. The van der Waals surface area contributed by atoms with Crippen LogP contribution in [0, 0.1) is 0 Å². The molecule has 0 spiro atoms. The van der Waals surface area contributed by atoms with Gasteiger partial charge in [0.15, 0.2) is 0 Å². The van der Waals surface area contributed by atoms with E-state index < -0.39 is 11.6 Å². The van der Waals surface area contributed by atoms with Gasteiger partial charge < -0.3 is 10.2 Å². The summed E-state index contributed by atoms with van der Waals surface area (Å²) in [7, 11) is 0. The van der Waals surface area contributed by atoms with E-state index in [1.165, 1.54) is 5.56 Å². The van der Waals surface area contributed by atoms with E-state index in [0.717, 1.165) is 6.42 Å². The van der Waals surface area contributed by atoms with Crippen molar-refractivity contribution in [1.82, 2.24) is 10.2 Å². The fourth-order valence-electron chi connectivity index (χ4n) is 2.89. The van der Waals surface area contributed by atoms with Gasteiger partial charge in [0.1, 0.15) is 11.6 Å². The standard InChI is InChI=1S/C17H24N2O2/c1-5-17(4)16(21)19(13(3)15(20)18-17)12(2)11-14-9-7-6-8-10-14/h6-10,12-13H,5,11H2,1-4H3,(H,18,20). The van der Waals surface area contributed by atoms with Gasteiger partial charge in [0.2, 0.25) is 11.8 Å². The Bertz CT molecular complexity index is 529. The average molecular weight is 288 g/mol. The van der Waals surface area contributed by atoms with Crippen LogP contribution >= 0.6 is 0 Å². The molecule has 21 heavy (non-hydrogen) atoms. The summed E-state index contributed by atoms with van der Waals surface area (Å²) >= 11 is 0. The lowest BCUT2D eigenvalue weighted by atomic mass is 9.90. The molecule has 2 amide bonds. The molecule has 0 bridgehead atoms. The molecule has 1 aliphatic heterocycles. The number of rotatable bonds is 4. The highest BCUT2D eigenvalue weighted by Crippen LogP contribution is 2.24. The van der Waals surface area contributed by atoms with Crippen molar-refractivity contribution >= 4 is 11.8 Å². The second kappa shape index (κ2) is 5.88. The van der Waals surface area contributed by atoms with Crippen LogP contribution in [-0.4, -0.2) is 34.3 Å². The Kier molecular flexibility index (Phi) is 4.35. The molecule has 3 atom stereocenters. The minimum atomic E-state index is -0.783. The van der Waals surface area contributed by atoms with Crippen LogP contribution in [0.3, 0.4) is 0 Å². The number of benzene rings is 1. The molecular formula is C17H24N2O2. The van der Waals surface area contributed by atoms with Gasteiger partial charge in [-0.15, -0.1) is 0 Å². The number of amides is 2. The first-order valence-corrected chi connectivity index (χ1v) is 7.57. The number of carbonyl (C=O) groups is 2. The zero-order valence-corrected chi connectivity index (χ0v) is 13.2. The fourth-order valence-corrected chi connectivity index (χ4v) is 2.89. The molecule has 1 N–H and O–H groups in total. The van der Waals surface area contributed by atoms with Gasteiger partial charge in [0, 0.05) is 6.04 Å². The van der Waals surface area contributed by atoms with E-state index in [2.05, 4.69) is 17.4 Å². The van der Waals surface area contributed by atoms with E-state index in [9.17, 15) is 9.59 Å². The van der Waals surface area contributed by atoms with Crippen molar-refractivity contribution < 1.29 is 9.59 Å². The molecule has 2 rings (SSSR count). The second-order valence-corrected chi connectivity index (χ2v) is 6.10. The smallest absolute Gasteiger partial charge is 0.248 e. The third-order valence-corrected chi connectivity index (χ3v) is 4.46. The summed E-state index contributed by atoms with van der Waals surface area (Å²) in [6.07, 6.45) is 1.35. The molecule has 0 radical (unpaired) electrons. The summed E-state index contributed by atoms with van der Waals surface area (Å²) in [5.41, 5.74) is 0.392. The lowest BCUT2D eigenvalue weighted by Gasteiger charge is -2.45. The molecule has 0 aliphatic carbocycles. The maximum Gasteiger partial charge on any atom is 0.248 e. The fraction of sp³-hybridized carbons (Fsp3) is 0.529. The maximum atomic E-state index is 12.8. The van der Waals surface area contributed by atoms with Gasteiger partial charge in [0.25, 0.3) is 0 Å². The van der Waals surface area contributed by atoms with Gasteiger partial charge in [-0.1, -0.05) is 37.3 Å². The lowest BCUT2D eigenvalue weighted by molar-refractivity contribution is -0.156. The van der Waals surface area contributed by atoms with E-state index in [0.29, 0.717) is 6.42 Å². The van der Waals surface area contributed by atoms with Crippen LogP contribution in [0.5, 0.6) is 0 Å². The Morgan fingerprint density at radius 2 is 1.90 bits per heavy atom. The van der Waals surface area contributed by atoms with E-state index >= 15 is 0 Å². The summed E-state index contributed by atoms with van der Waals surface area (Å²) in [6.45, 7) is 7.54. The second-order valence-electron chi connectivity index (χ2n) is 6.10. The van der Waals surface area contributed by atoms with Crippen molar-refractivity contribution in [3.63, 3.8) is 0 Å². The first kappa shape index (κ1) is 15.5. The highest BCUT2D eigenvalue weighted by Gasteiger charge is 2.46. The first-order chi connectivity index (χ1) is 9.89. The molecule has 1 saturated heterocycles. The zero-order chi connectivity index (χ0) is 15.6. The van der Waals surface area contributed by atoms with Crippen LogP contribution in [-0.2, 0) is 16.0 Å². The lowest BCUT2D eigenvalue weighted by Crippen LogP contribution is -2.70. The van der Waals surface area contributed by atoms with Crippen molar-refractivity contribution in [1.29, 1.82) is 0 Å². The molecule has 0 saturated carbocycles. The van der Waals surface area contributed by atoms with Gasteiger partial charge in [-0.25, -0.2) is 0 Å². The molecule has 1 aliphatic rings. The van der Waals surface area contributed by atoms with E-state index in [-0.39, 0.29) is 17.9 Å². The highest BCUT2D eigenvalue weighted by molar-refractivity contribution is 5.99. The van der Waals surface area contributed by atoms with Crippen molar-refractivity contribution in [3.8, 4) is 0 Å². The van der Waals surface area contributed by atoms with Gasteiger partial charge in [0.05, 0.1) is 0 Å². The number of carbonyl (C=O) groups excluding carboxylic acids is 2. The monoisotopic (exact) mass is 288 g/mol. The summed E-state index contributed by atoms with van der Waals surface area (Å²) in [6, 6.07) is 9.63. The maximum absolute atomic E-state index is 12.8. The molecule has 1 fully saturated rings. The third kappa shape index (κ3) is 2.94. The van der Waals surface area contributed by atoms with Crippen LogP contribution < -0.4 is 5.32 Å². The predicted molar refractivity (Wildman–Crippen MR) is 82.8 cm³/mol. The molecule has 1 aromatic rings. The van der Waals surface area contributed by atoms with Crippen molar-refractivity contribution in [2.24, 2.45) is 0 Å². The van der Waals surface area contributed by atoms with Gasteiger partial charge in [-0.2, -0.15) is 0 Å². The van der Waals surface area contributed by atoms with Crippen LogP contribution in [0.15, 0.2) is 30.3 Å². The van der Waals surface area contributed by atoms with Crippen LogP contribution in [0.2, 0.25) is 0 Å². The normalized spacial score (nSPS) is 27.4. The minimum absolute atomic E-state index is 0.00757. The predicted octanol–water partition coefficient (Wildman–Crippen LogP) is 2.13. The highest BCUT2D eigenvalue weighted by atomic mass is 16.2. The average Bonchev–Trinajstić information content (AvgIpc) is 2.46. The number of nitrogens with zero attached hydrogens (tertiary/aromatic N) is 1. The topological polar surface area (TPSA) is 49.4 Å². The number of hydrogen-bond acceptors (Lipinski definition) is 2. The van der Waals surface area contributed by atoms with Crippen molar-refractivity contribution in [2.75, 3.05) is 0 Å². The summed E-state index contributed by atoms with van der Waals surface area (Å²) in [5.74, 6) is -0.0561. The van der Waals surface area contributed by atoms with Crippen LogP contribution in [0.25, 0.3) is 0 Å². The van der Waals surface area contributed by atoms with Crippen LogP contribution in [0.1, 0.15) is 39.7 Å². The molecule has 0 aromatic heterocycles. The Labute approximate surface area is 126 Å². The Morgan fingerprint density at radius 1 is 1.29 bits per heavy atom. The molecule has 114 valence electrons. The summed E-state index contributed by atoms with van der Waals surface area (Å²) in [5, 5.41) is 2.86. The summed E-state index contributed by atoms with van der Waals surface area (Å²) in [4.78, 5) is 26.7. The van der Waals surface area contributed by atoms with Gasteiger partial charge in [-0.05, 0) is 39.2 Å². The molecule has 3 unspecified atom stereocenters. The summed E-state index contributed by atoms with van der Waals surface area (Å²) < 4.78 is 0. The third-order valence-electron chi connectivity index (χ3n) is 4.46. The number of piperazine rings is 1. The Hall–Kier alpha value is -1.84. The van der Waals surface area contributed by atoms with Crippen molar-refractivity contribution in [3.05, 3.63) is 35.9 Å². The molecule has 1 heterocycles. The molecule has 4 nitrogen and oxygen atoms in total. The molecule has 1 aromatic carbocycles. The largest absolute Gasteiger partial charge is 0.340 e. The Balaban J connectivity index is 2.22. The van der Waals surface area contributed by atoms with Crippen molar-refractivity contribution in [2.45, 2.75) is 58.2 Å². The van der Waals surface area contributed by atoms with E-state index in [1.54, 1.807) is 18.7 Å². The first-order valence-electron chi connectivity index (χ1n) is 7.57.